The third-order valence-electron chi connectivity index (χ3n) is 7.96. The number of likely N-dealkylation sites (N-methyl/N-ethyl adjacent to an activating group) is 1. The van der Waals surface area contributed by atoms with Gasteiger partial charge in [0, 0.05) is 37.7 Å². The number of hydrogen-bond donors (Lipinski definition) is 2. The quantitative estimate of drug-likeness (QED) is 0.311. The van der Waals surface area contributed by atoms with Crippen molar-refractivity contribution >= 4 is 17.5 Å². The molecule has 8 nitrogen and oxygen atoms in total. The van der Waals surface area contributed by atoms with Gasteiger partial charge >= 0.3 is 0 Å². The van der Waals surface area contributed by atoms with Gasteiger partial charge in [-0.25, -0.2) is 0 Å². The van der Waals surface area contributed by atoms with E-state index in [-0.39, 0.29) is 36.5 Å². The Balaban J connectivity index is 1.49. The lowest BCUT2D eigenvalue weighted by atomic mass is 9.99. The van der Waals surface area contributed by atoms with Crippen LogP contribution in [0.25, 0.3) is 11.1 Å². The number of rotatable bonds is 12. The molecule has 0 radical (unpaired) electrons. The highest BCUT2D eigenvalue weighted by atomic mass is 16.5. The van der Waals surface area contributed by atoms with Crippen LogP contribution in [-0.2, 0) is 11.3 Å². The van der Waals surface area contributed by atoms with E-state index in [0.29, 0.717) is 36.5 Å². The molecule has 8 heteroatoms. The van der Waals surface area contributed by atoms with Crippen LogP contribution in [-0.4, -0.2) is 91.2 Å². The topological polar surface area (TPSA) is 85.3 Å². The number of ether oxygens (including phenoxy) is 1. The first kappa shape index (κ1) is 32.2. The lowest BCUT2D eigenvalue weighted by Crippen LogP contribution is -2.49. The number of aliphatic hydroxyl groups is 1. The zero-order valence-electron chi connectivity index (χ0n) is 26.1. The third-order valence-corrected chi connectivity index (χ3v) is 7.96. The fourth-order valence-electron chi connectivity index (χ4n) is 5.41. The van der Waals surface area contributed by atoms with E-state index in [1.807, 2.05) is 44.1 Å². The molecule has 1 heterocycles. The molecule has 1 aliphatic heterocycles. The smallest absolute Gasteiger partial charge is 0.258 e. The van der Waals surface area contributed by atoms with Crippen LogP contribution < -0.4 is 10.1 Å². The highest BCUT2D eigenvalue weighted by Crippen LogP contribution is 2.31. The SMILES string of the molecule is C[C@H]1CN([C@@H](C)CO)C(=O)c2cc(NC(=O)CCCN(C)C)ccc2O[C@@H]1CN(C)Cc1ccc(-c2ccccc2)cc1. The van der Waals surface area contributed by atoms with E-state index in [4.69, 9.17) is 4.74 Å². The molecule has 1 aliphatic rings. The van der Waals surface area contributed by atoms with Gasteiger partial charge in [-0.05, 0) is 75.9 Å². The lowest BCUT2D eigenvalue weighted by molar-refractivity contribution is -0.116. The van der Waals surface area contributed by atoms with Crippen LogP contribution in [0.2, 0.25) is 0 Å². The summed E-state index contributed by atoms with van der Waals surface area (Å²) < 4.78 is 6.55. The van der Waals surface area contributed by atoms with Crippen molar-refractivity contribution in [2.24, 2.45) is 5.92 Å². The summed E-state index contributed by atoms with van der Waals surface area (Å²) >= 11 is 0. The largest absolute Gasteiger partial charge is 0.488 e. The maximum Gasteiger partial charge on any atom is 0.258 e. The molecule has 230 valence electrons. The van der Waals surface area contributed by atoms with E-state index in [1.54, 1.807) is 23.1 Å². The monoisotopic (exact) mass is 586 g/mol. The van der Waals surface area contributed by atoms with E-state index in [9.17, 15) is 14.7 Å². The Morgan fingerprint density at radius 3 is 2.42 bits per heavy atom. The highest BCUT2D eigenvalue weighted by Gasteiger charge is 2.33. The standard InChI is InChI=1S/C35H46N4O4/c1-25-21-39(26(2)24-40)35(42)31-20-30(36-34(41)12-9-19-37(3)4)17-18-32(31)43-33(25)23-38(5)22-27-13-15-29(16-14-27)28-10-7-6-8-11-28/h6-8,10-11,13-18,20,25-26,33,40H,9,12,19,21-24H2,1-5H3,(H,36,41)/t25-,26-,33+/m0/s1. The highest BCUT2D eigenvalue weighted by molar-refractivity contribution is 5.99. The summed E-state index contributed by atoms with van der Waals surface area (Å²) in [4.78, 5) is 32.3. The number of fused-ring (bicyclic) bond motifs is 1. The van der Waals surface area contributed by atoms with E-state index in [2.05, 4.69) is 60.6 Å². The molecule has 0 aromatic heterocycles. The van der Waals surface area contributed by atoms with Gasteiger partial charge in [0.15, 0.2) is 0 Å². The first-order valence-corrected chi connectivity index (χ1v) is 15.1. The molecular formula is C35H46N4O4. The third kappa shape index (κ3) is 8.89. The van der Waals surface area contributed by atoms with Crippen LogP contribution in [0.4, 0.5) is 5.69 Å². The summed E-state index contributed by atoms with van der Waals surface area (Å²) in [6.45, 7) is 6.48. The predicted octanol–water partition coefficient (Wildman–Crippen LogP) is 4.99. The van der Waals surface area contributed by atoms with Crippen molar-refractivity contribution in [1.29, 1.82) is 0 Å². The molecule has 3 aromatic carbocycles. The molecule has 3 atom stereocenters. The molecule has 3 aromatic rings. The van der Waals surface area contributed by atoms with Gasteiger partial charge in [-0.2, -0.15) is 0 Å². The van der Waals surface area contributed by atoms with Gasteiger partial charge in [-0.3, -0.25) is 14.5 Å². The summed E-state index contributed by atoms with van der Waals surface area (Å²) in [6, 6.07) is 23.9. The molecule has 43 heavy (non-hydrogen) atoms. The normalized spacial score (nSPS) is 17.7. The number of anilines is 1. The second-order valence-electron chi connectivity index (χ2n) is 12.0. The van der Waals surface area contributed by atoms with Crippen molar-refractivity contribution in [1.82, 2.24) is 14.7 Å². The van der Waals surface area contributed by atoms with Gasteiger partial charge in [-0.1, -0.05) is 61.5 Å². The maximum absolute atomic E-state index is 13.7. The van der Waals surface area contributed by atoms with Crippen LogP contribution in [0.5, 0.6) is 5.75 Å². The number of nitrogens with zero attached hydrogens (tertiary/aromatic N) is 3. The summed E-state index contributed by atoms with van der Waals surface area (Å²) in [6.07, 6.45) is 0.951. The molecule has 2 N–H and O–H groups in total. The molecule has 0 spiro atoms. The Morgan fingerprint density at radius 2 is 1.74 bits per heavy atom. The molecule has 0 unspecified atom stereocenters. The number of aliphatic hydroxyl groups excluding tert-OH is 1. The molecule has 0 aliphatic carbocycles. The van der Waals surface area contributed by atoms with E-state index in [0.717, 1.165) is 19.5 Å². The second-order valence-corrected chi connectivity index (χ2v) is 12.0. The minimum absolute atomic E-state index is 0.0186. The molecule has 0 fully saturated rings. The predicted molar refractivity (Wildman–Crippen MR) is 172 cm³/mol. The fourth-order valence-corrected chi connectivity index (χ4v) is 5.41. The summed E-state index contributed by atoms with van der Waals surface area (Å²) in [5, 5.41) is 12.9. The van der Waals surface area contributed by atoms with Gasteiger partial charge in [0.25, 0.3) is 5.91 Å². The number of nitrogens with one attached hydrogen (secondary N) is 1. The van der Waals surface area contributed by atoms with Crippen LogP contribution in [0.15, 0.2) is 72.8 Å². The Bertz CT molecular complexity index is 1350. The molecule has 2 amide bonds. The van der Waals surface area contributed by atoms with Crippen molar-refractivity contribution in [3.05, 3.63) is 83.9 Å². The zero-order chi connectivity index (χ0) is 30.9. The van der Waals surface area contributed by atoms with Crippen molar-refractivity contribution in [3.63, 3.8) is 0 Å². The first-order chi connectivity index (χ1) is 20.6. The van der Waals surface area contributed by atoms with Gasteiger partial charge in [-0.15, -0.1) is 0 Å². The van der Waals surface area contributed by atoms with Crippen LogP contribution in [0, 0.1) is 5.92 Å². The molecule has 0 bridgehead atoms. The number of benzene rings is 3. The number of carbonyl (C=O) groups is 2. The van der Waals surface area contributed by atoms with E-state index >= 15 is 0 Å². The van der Waals surface area contributed by atoms with Gasteiger partial charge in [0.1, 0.15) is 11.9 Å². The maximum atomic E-state index is 13.7. The van der Waals surface area contributed by atoms with E-state index < -0.39 is 0 Å². The average Bonchev–Trinajstić information content (AvgIpc) is 2.99. The van der Waals surface area contributed by atoms with Gasteiger partial charge in [0.05, 0.1) is 18.2 Å². The average molecular weight is 587 g/mol. The minimum Gasteiger partial charge on any atom is -0.488 e. The number of amides is 2. The van der Waals surface area contributed by atoms with Crippen molar-refractivity contribution < 1.29 is 19.4 Å². The van der Waals surface area contributed by atoms with E-state index in [1.165, 1.54) is 16.7 Å². The van der Waals surface area contributed by atoms with Crippen LogP contribution >= 0.6 is 0 Å². The molecule has 0 saturated heterocycles. The van der Waals surface area contributed by atoms with Gasteiger partial charge in [0.2, 0.25) is 5.91 Å². The molecular weight excluding hydrogens is 540 g/mol. The Morgan fingerprint density at radius 1 is 1.05 bits per heavy atom. The minimum atomic E-state index is -0.355. The van der Waals surface area contributed by atoms with Crippen molar-refractivity contribution in [3.8, 4) is 16.9 Å². The summed E-state index contributed by atoms with van der Waals surface area (Å²) in [5.41, 5.74) is 4.54. The molecule has 4 rings (SSSR count). The lowest BCUT2D eigenvalue weighted by Gasteiger charge is -2.38. The van der Waals surface area contributed by atoms with Crippen LogP contribution in [0.3, 0.4) is 0 Å². The fraction of sp³-hybridized carbons (Fsp3) is 0.429. The van der Waals surface area contributed by atoms with Crippen LogP contribution in [0.1, 0.15) is 42.6 Å². The van der Waals surface area contributed by atoms with Gasteiger partial charge < -0.3 is 25.0 Å². The second kappa shape index (κ2) is 15.1. The summed E-state index contributed by atoms with van der Waals surface area (Å²) in [7, 11) is 6.04. The number of hydrogen-bond acceptors (Lipinski definition) is 6. The summed E-state index contributed by atoms with van der Waals surface area (Å²) in [5.74, 6) is 0.205. The Kier molecular flexibility index (Phi) is 11.3. The Hall–Kier alpha value is -3.72. The number of carbonyl (C=O) groups excluding carboxylic acids is 2. The first-order valence-electron chi connectivity index (χ1n) is 15.1. The van der Waals surface area contributed by atoms with Crippen molar-refractivity contribution in [2.45, 2.75) is 45.4 Å². The molecule has 0 saturated carbocycles. The van der Waals surface area contributed by atoms with Crippen molar-refractivity contribution in [2.75, 3.05) is 52.7 Å². The Labute approximate surface area is 256 Å². The zero-order valence-corrected chi connectivity index (χ0v) is 26.1.